The molecule has 2 atom stereocenters. The van der Waals surface area contributed by atoms with Gasteiger partial charge in [-0.2, -0.15) is 0 Å². The number of fused-ring (bicyclic) bond motifs is 1. The molecule has 1 amide bonds. The number of carbonyl (C=O) groups is 1. The summed E-state index contributed by atoms with van der Waals surface area (Å²) in [4.78, 5) is 28.9. The number of hydrogen-bond donors (Lipinski definition) is 1. The van der Waals surface area contributed by atoms with Crippen LogP contribution in [-0.4, -0.2) is 59.0 Å². The van der Waals surface area contributed by atoms with Gasteiger partial charge in [-0.15, -0.1) is 23.7 Å². The van der Waals surface area contributed by atoms with Crippen molar-refractivity contribution in [1.29, 1.82) is 0 Å². The summed E-state index contributed by atoms with van der Waals surface area (Å²) < 4.78 is 0. The van der Waals surface area contributed by atoms with Crippen LogP contribution in [0, 0.1) is 19.8 Å². The molecule has 0 radical (unpaired) electrons. The van der Waals surface area contributed by atoms with Crippen molar-refractivity contribution >= 4 is 45.7 Å². The Bertz CT molecular complexity index is 848. The van der Waals surface area contributed by atoms with Gasteiger partial charge in [0.1, 0.15) is 17.0 Å². The zero-order valence-electron chi connectivity index (χ0n) is 17.1. The SMILES string of the molecule is Cc1sc2ncnc(N3CCC(C(=O)N4CCNC(C)C4C)CC3)c2c1C.Cl. The monoisotopic (exact) mass is 423 g/mol. The van der Waals surface area contributed by atoms with E-state index in [1.807, 2.05) is 0 Å². The second-order valence-corrected chi connectivity index (χ2v) is 9.14. The van der Waals surface area contributed by atoms with Gasteiger partial charge in [0.05, 0.1) is 5.39 Å². The van der Waals surface area contributed by atoms with Crippen LogP contribution in [0.3, 0.4) is 0 Å². The summed E-state index contributed by atoms with van der Waals surface area (Å²) in [6.45, 7) is 12.1. The lowest BCUT2D eigenvalue weighted by atomic mass is 9.93. The fourth-order valence-corrected chi connectivity index (χ4v) is 5.34. The Morgan fingerprint density at radius 2 is 1.89 bits per heavy atom. The van der Waals surface area contributed by atoms with Crippen molar-refractivity contribution in [2.75, 3.05) is 31.1 Å². The minimum atomic E-state index is 0. The van der Waals surface area contributed by atoms with Crippen LogP contribution in [-0.2, 0) is 4.79 Å². The van der Waals surface area contributed by atoms with Crippen molar-refractivity contribution in [3.05, 3.63) is 16.8 Å². The van der Waals surface area contributed by atoms with Gasteiger partial charge in [0.15, 0.2) is 0 Å². The predicted molar refractivity (Wildman–Crippen MR) is 118 cm³/mol. The topological polar surface area (TPSA) is 61.4 Å². The van der Waals surface area contributed by atoms with Crippen LogP contribution in [0.15, 0.2) is 6.33 Å². The first kappa shape index (κ1) is 21.3. The average molecular weight is 424 g/mol. The fraction of sp³-hybridized carbons (Fsp3) is 0.650. The van der Waals surface area contributed by atoms with Gasteiger partial charge in [-0.3, -0.25) is 4.79 Å². The van der Waals surface area contributed by atoms with Crippen LogP contribution in [0.25, 0.3) is 10.2 Å². The van der Waals surface area contributed by atoms with Crippen molar-refractivity contribution in [3.8, 4) is 0 Å². The second-order valence-electron chi connectivity index (χ2n) is 7.94. The van der Waals surface area contributed by atoms with E-state index < -0.39 is 0 Å². The molecule has 0 aliphatic carbocycles. The second kappa shape index (κ2) is 8.51. The van der Waals surface area contributed by atoms with Crippen molar-refractivity contribution < 1.29 is 4.79 Å². The third-order valence-corrected chi connectivity index (χ3v) is 7.52. The summed E-state index contributed by atoms with van der Waals surface area (Å²) in [5.41, 5.74) is 1.28. The third-order valence-electron chi connectivity index (χ3n) is 6.41. The zero-order valence-corrected chi connectivity index (χ0v) is 18.7. The van der Waals surface area contributed by atoms with Crippen LogP contribution in [0.5, 0.6) is 0 Å². The molecule has 0 bridgehead atoms. The van der Waals surface area contributed by atoms with E-state index in [0.29, 0.717) is 11.9 Å². The molecule has 2 unspecified atom stereocenters. The minimum Gasteiger partial charge on any atom is -0.356 e. The van der Waals surface area contributed by atoms with Crippen LogP contribution in [0.4, 0.5) is 5.82 Å². The first-order chi connectivity index (χ1) is 13.0. The van der Waals surface area contributed by atoms with Gasteiger partial charge in [-0.1, -0.05) is 0 Å². The number of piperidine rings is 1. The van der Waals surface area contributed by atoms with Crippen LogP contribution < -0.4 is 10.2 Å². The number of nitrogens with one attached hydrogen (secondary N) is 1. The number of nitrogens with zero attached hydrogens (tertiary/aromatic N) is 4. The number of piperazine rings is 1. The van der Waals surface area contributed by atoms with Gasteiger partial charge in [-0.25, -0.2) is 9.97 Å². The summed E-state index contributed by atoms with van der Waals surface area (Å²) in [6.07, 6.45) is 3.48. The maximum absolute atomic E-state index is 13.1. The number of rotatable bonds is 2. The van der Waals surface area contributed by atoms with E-state index in [1.165, 1.54) is 15.8 Å². The van der Waals surface area contributed by atoms with Gasteiger partial charge < -0.3 is 15.1 Å². The Hall–Kier alpha value is -1.44. The first-order valence-electron chi connectivity index (χ1n) is 9.97. The van der Waals surface area contributed by atoms with E-state index in [9.17, 15) is 4.79 Å². The molecule has 2 fully saturated rings. The molecular formula is C20H30ClN5OS. The summed E-state index contributed by atoms with van der Waals surface area (Å²) >= 11 is 1.74. The summed E-state index contributed by atoms with van der Waals surface area (Å²) in [5.74, 6) is 1.51. The highest BCUT2D eigenvalue weighted by molar-refractivity contribution is 7.18. The standard InChI is InChI=1S/C20H29N5OS.ClH/c1-12-15(4)27-19-17(12)18(22-11-23-19)24-8-5-16(6-9-24)20(26)25-10-7-21-13(2)14(25)3;/h11,13-14,16,21H,5-10H2,1-4H3;1H. The number of amides is 1. The molecule has 0 saturated carbocycles. The van der Waals surface area contributed by atoms with Crippen LogP contribution >= 0.6 is 23.7 Å². The van der Waals surface area contributed by atoms with Gasteiger partial charge >= 0.3 is 0 Å². The molecule has 28 heavy (non-hydrogen) atoms. The zero-order chi connectivity index (χ0) is 19.1. The highest BCUT2D eigenvalue weighted by atomic mass is 35.5. The molecular weight excluding hydrogens is 394 g/mol. The van der Waals surface area contributed by atoms with Crippen molar-refractivity contribution in [1.82, 2.24) is 20.2 Å². The maximum Gasteiger partial charge on any atom is 0.226 e. The quantitative estimate of drug-likeness (QED) is 0.803. The molecule has 4 heterocycles. The predicted octanol–water partition coefficient (Wildman–Crippen LogP) is 3.16. The van der Waals surface area contributed by atoms with Gasteiger partial charge in [-0.05, 0) is 46.1 Å². The smallest absolute Gasteiger partial charge is 0.226 e. The Balaban J connectivity index is 0.00000225. The number of aryl methyl sites for hydroxylation is 2. The Kier molecular flexibility index (Phi) is 6.47. The molecule has 0 aromatic carbocycles. The molecule has 6 nitrogen and oxygen atoms in total. The number of halogens is 1. The number of carbonyl (C=O) groups excluding carboxylic acids is 1. The molecule has 154 valence electrons. The van der Waals surface area contributed by atoms with Gasteiger partial charge in [0.2, 0.25) is 5.91 Å². The molecule has 2 aromatic rings. The van der Waals surface area contributed by atoms with Crippen LogP contribution in [0.1, 0.15) is 37.1 Å². The van der Waals surface area contributed by atoms with E-state index >= 15 is 0 Å². The molecule has 2 saturated heterocycles. The van der Waals surface area contributed by atoms with E-state index in [1.54, 1.807) is 17.7 Å². The summed E-state index contributed by atoms with van der Waals surface area (Å²) in [6, 6.07) is 0.629. The molecule has 0 spiro atoms. The van der Waals surface area contributed by atoms with E-state index in [-0.39, 0.29) is 24.4 Å². The Morgan fingerprint density at radius 1 is 1.18 bits per heavy atom. The number of anilines is 1. The number of aromatic nitrogens is 2. The fourth-order valence-electron chi connectivity index (χ4n) is 4.34. The molecule has 4 rings (SSSR count). The first-order valence-corrected chi connectivity index (χ1v) is 10.8. The molecule has 2 aromatic heterocycles. The van der Waals surface area contributed by atoms with E-state index in [4.69, 9.17) is 0 Å². The van der Waals surface area contributed by atoms with Crippen molar-refractivity contribution in [2.24, 2.45) is 5.92 Å². The lowest BCUT2D eigenvalue weighted by molar-refractivity contribution is -0.140. The highest BCUT2D eigenvalue weighted by Gasteiger charge is 2.34. The maximum atomic E-state index is 13.1. The summed E-state index contributed by atoms with van der Waals surface area (Å²) in [7, 11) is 0. The lowest BCUT2D eigenvalue weighted by Gasteiger charge is -2.42. The Labute approximate surface area is 177 Å². The van der Waals surface area contributed by atoms with Crippen LogP contribution in [0.2, 0.25) is 0 Å². The van der Waals surface area contributed by atoms with Crippen molar-refractivity contribution in [2.45, 2.75) is 52.6 Å². The molecule has 1 N–H and O–H groups in total. The summed E-state index contributed by atoms with van der Waals surface area (Å²) in [5, 5.41) is 4.65. The van der Waals surface area contributed by atoms with E-state index in [2.05, 4.69) is 52.8 Å². The molecule has 2 aliphatic rings. The Morgan fingerprint density at radius 3 is 2.61 bits per heavy atom. The molecule has 8 heteroatoms. The highest BCUT2D eigenvalue weighted by Crippen LogP contribution is 2.35. The average Bonchev–Trinajstić information content (AvgIpc) is 2.98. The third kappa shape index (κ3) is 3.72. The number of thiophene rings is 1. The lowest BCUT2D eigenvalue weighted by Crippen LogP contribution is -2.59. The normalized spacial score (nSPS) is 23.7. The number of hydrogen-bond acceptors (Lipinski definition) is 6. The van der Waals surface area contributed by atoms with Gasteiger partial charge in [0, 0.05) is 49.1 Å². The van der Waals surface area contributed by atoms with Gasteiger partial charge in [0.25, 0.3) is 0 Å². The van der Waals surface area contributed by atoms with Crippen molar-refractivity contribution in [3.63, 3.8) is 0 Å². The molecule has 2 aliphatic heterocycles. The minimum absolute atomic E-state index is 0. The largest absolute Gasteiger partial charge is 0.356 e. The van der Waals surface area contributed by atoms with E-state index in [0.717, 1.165) is 49.7 Å².